The topological polar surface area (TPSA) is 56.8 Å². The van der Waals surface area contributed by atoms with Crippen molar-refractivity contribution in [3.8, 4) is 0 Å². The van der Waals surface area contributed by atoms with Crippen LogP contribution in [0.3, 0.4) is 0 Å². The summed E-state index contributed by atoms with van der Waals surface area (Å²) in [5.41, 5.74) is 5.01. The first-order chi connectivity index (χ1) is 3.31. The summed E-state index contributed by atoms with van der Waals surface area (Å²) in [5.74, 6) is 0. The molecule has 4 heteroatoms. The van der Waals surface area contributed by atoms with Crippen LogP contribution in [0.1, 0.15) is 0 Å². The number of hydrogen-bond acceptors (Lipinski definition) is 4. The Morgan fingerprint density at radius 3 is 2.57 bits per heavy atom. The van der Waals surface area contributed by atoms with E-state index in [9.17, 15) is 0 Å². The molecule has 4 nitrogen and oxygen atoms in total. The van der Waals surface area contributed by atoms with Gasteiger partial charge in [-0.05, 0) is 0 Å². The van der Waals surface area contributed by atoms with E-state index in [1.807, 2.05) is 0 Å². The Morgan fingerprint density at radius 1 is 1.86 bits per heavy atom. The van der Waals surface area contributed by atoms with E-state index in [0.717, 1.165) is 0 Å². The van der Waals surface area contributed by atoms with E-state index < -0.39 is 6.41 Å². The van der Waals surface area contributed by atoms with Crippen LogP contribution < -0.4 is 5.73 Å². The second-order valence-electron chi connectivity index (χ2n) is 0.839. The maximum Gasteiger partial charge on any atom is 0.281 e. The van der Waals surface area contributed by atoms with Gasteiger partial charge >= 0.3 is 0 Å². The first-order valence-electron chi connectivity index (χ1n) is 1.71. The van der Waals surface area contributed by atoms with Crippen molar-refractivity contribution in [2.24, 2.45) is 10.9 Å². The fraction of sp³-hybridized carbons (Fsp3) is 0.667. The zero-order chi connectivity index (χ0) is 5.70. The van der Waals surface area contributed by atoms with Crippen molar-refractivity contribution in [2.75, 3.05) is 7.11 Å². The molecule has 0 rings (SSSR count). The molecule has 0 aromatic heterocycles. The van der Waals surface area contributed by atoms with Gasteiger partial charge in [0.2, 0.25) is 0 Å². The molecule has 2 N–H and O–H groups in total. The minimum Gasteiger partial charge on any atom is -0.348 e. The summed E-state index contributed by atoms with van der Waals surface area (Å²) in [4.78, 5) is 4.26. The summed E-state index contributed by atoms with van der Waals surface area (Å²) in [6.07, 6.45) is -0.780. The third kappa shape index (κ3) is 3.21. The monoisotopic (exact) mass is 104 g/mol. The van der Waals surface area contributed by atoms with Crippen molar-refractivity contribution in [3.05, 3.63) is 0 Å². The highest BCUT2D eigenvalue weighted by molar-refractivity contribution is 5.21. The minimum atomic E-state index is -0.780. The van der Waals surface area contributed by atoms with Crippen LogP contribution in [0.25, 0.3) is 0 Å². The van der Waals surface area contributed by atoms with Crippen molar-refractivity contribution >= 4 is 6.72 Å². The second kappa shape index (κ2) is 3.58. The van der Waals surface area contributed by atoms with Gasteiger partial charge in [0.25, 0.3) is 6.41 Å². The molecule has 0 saturated heterocycles. The Kier molecular flexibility index (Phi) is 3.26. The van der Waals surface area contributed by atoms with E-state index >= 15 is 0 Å². The maximum absolute atomic E-state index is 5.01. The predicted molar refractivity (Wildman–Crippen MR) is 25.6 cm³/mol. The summed E-state index contributed by atoms with van der Waals surface area (Å²) in [6.45, 7) is 3.02. The Morgan fingerprint density at radius 2 is 2.43 bits per heavy atom. The molecule has 1 unspecified atom stereocenters. The molecule has 7 heavy (non-hydrogen) atoms. The third-order valence-corrected chi connectivity index (χ3v) is 0.411. The lowest BCUT2D eigenvalue weighted by molar-refractivity contribution is -0.117. The standard InChI is InChI=1S/C3H8N2O2/c1-5-7-3(4)6-2/h3H,1,4H2,2H3. The fourth-order valence-electron chi connectivity index (χ4n) is 0.116. The Bertz CT molecular complexity index is 56.9. The first kappa shape index (κ1) is 6.39. The van der Waals surface area contributed by atoms with Crippen LogP contribution in [-0.2, 0) is 9.57 Å². The molecular formula is C3H8N2O2. The molecule has 0 amide bonds. The summed E-state index contributed by atoms with van der Waals surface area (Å²) in [7, 11) is 1.41. The van der Waals surface area contributed by atoms with Crippen LogP contribution in [0, 0.1) is 0 Å². The number of hydrogen-bond donors (Lipinski definition) is 1. The van der Waals surface area contributed by atoms with E-state index in [2.05, 4.69) is 21.4 Å². The van der Waals surface area contributed by atoms with Gasteiger partial charge in [0.1, 0.15) is 0 Å². The highest BCUT2D eigenvalue weighted by Gasteiger charge is 1.92. The molecule has 0 aliphatic heterocycles. The van der Waals surface area contributed by atoms with Crippen molar-refractivity contribution in [3.63, 3.8) is 0 Å². The van der Waals surface area contributed by atoms with Gasteiger partial charge in [0.05, 0.1) is 0 Å². The molecule has 0 saturated carbocycles. The largest absolute Gasteiger partial charge is 0.348 e. The van der Waals surface area contributed by atoms with Crippen LogP contribution in [0.15, 0.2) is 5.16 Å². The molecule has 0 aromatic rings. The molecule has 0 fully saturated rings. The quantitative estimate of drug-likeness (QED) is 0.298. The average molecular weight is 104 g/mol. The average Bonchev–Trinajstić information content (AvgIpc) is 1.68. The highest BCUT2D eigenvalue weighted by atomic mass is 16.8. The highest BCUT2D eigenvalue weighted by Crippen LogP contribution is 1.79. The van der Waals surface area contributed by atoms with Crippen molar-refractivity contribution in [1.29, 1.82) is 0 Å². The number of methoxy groups -OCH3 is 1. The maximum atomic E-state index is 5.01. The van der Waals surface area contributed by atoms with E-state index in [4.69, 9.17) is 5.73 Å². The van der Waals surface area contributed by atoms with Crippen LogP contribution in [0.4, 0.5) is 0 Å². The molecule has 0 heterocycles. The molecule has 0 aliphatic rings. The number of ether oxygens (including phenoxy) is 1. The molecule has 1 atom stereocenters. The van der Waals surface area contributed by atoms with Crippen LogP contribution in [0.5, 0.6) is 0 Å². The van der Waals surface area contributed by atoms with Crippen molar-refractivity contribution < 1.29 is 9.57 Å². The van der Waals surface area contributed by atoms with E-state index in [-0.39, 0.29) is 0 Å². The van der Waals surface area contributed by atoms with Crippen molar-refractivity contribution in [1.82, 2.24) is 0 Å². The van der Waals surface area contributed by atoms with Crippen LogP contribution in [-0.4, -0.2) is 20.2 Å². The molecular weight excluding hydrogens is 96.0 g/mol. The molecule has 0 aromatic carbocycles. The zero-order valence-electron chi connectivity index (χ0n) is 4.13. The molecule has 0 aliphatic carbocycles. The molecule has 0 spiro atoms. The SMILES string of the molecule is C=NOC(N)OC. The number of rotatable bonds is 3. The van der Waals surface area contributed by atoms with E-state index in [1.54, 1.807) is 0 Å². The van der Waals surface area contributed by atoms with Gasteiger partial charge in [0.15, 0.2) is 0 Å². The van der Waals surface area contributed by atoms with Gasteiger partial charge in [0, 0.05) is 13.8 Å². The lowest BCUT2D eigenvalue weighted by atomic mass is 11.2. The fourth-order valence-corrected chi connectivity index (χ4v) is 0.116. The number of nitrogens with two attached hydrogens (primary N) is 1. The van der Waals surface area contributed by atoms with Gasteiger partial charge in [-0.1, -0.05) is 5.16 Å². The normalized spacial score (nSPS) is 12.9. The summed E-state index contributed by atoms with van der Waals surface area (Å²) in [5, 5.41) is 3.01. The van der Waals surface area contributed by atoms with Gasteiger partial charge in [-0.3, -0.25) is 5.73 Å². The smallest absolute Gasteiger partial charge is 0.281 e. The third-order valence-electron chi connectivity index (χ3n) is 0.411. The molecule has 0 bridgehead atoms. The van der Waals surface area contributed by atoms with E-state index in [0.29, 0.717) is 0 Å². The lowest BCUT2D eigenvalue weighted by Crippen LogP contribution is -2.22. The summed E-state index contributed by atoms with van der Waals surface area (Å²) >= 11 is 0. The first-order valence-corrected chi connectivity index (χ1v) is 1.71. The van der Waals surface area contributed by atoms with Crippen LogP contribution >= 0.6 is 0 Å². The summed E-state index contributed by atoms with van der Waals surface area (Å²) < 4.78 is 4.41. The predicted octanol–water partition coefficient (Wildman–Crippen LogP) is -0.493. The Labute approximate surface area is 41.9 Å². The Balaban J connectivity index is 2.98. The second-order valence-corrected chi connectivity index (χ2v) is 0.839. The summed E-state index contributed by atoms with van der Waals surface area (Å²) in [6, 6.07) is 0. The van der Waals surface area contributed by atoms with Gasteiger partial charge in [-0.25, -0.2) is 0 Å². The minimum absolute atomic E-state index is 0.780. The van der Waals surface area contributed by atoms with Gasteiger partial charge in [-0.2, -0.15) is 0 Å². The van der Waals surface area contributed by atoms with E-state index in [1.165, 1.54) is 7.11 Å². The number of oxime groups is 1. The zero-order valence-corrected chi connectivity index (χ0v) is 4.13. The molecule has 0 radical (unpaired) electrons. The molecule has 42 valence electrons. The van der Waals surface area contributed by atoms with Crippen molar-refractivity contribution in [2.45, 2.75) is 6.41 Å². The lowest BCUT2D eigenvalue weighted by Gasteiger charge is -2.03. The van der Waals surface area contributed by atoms with Gasteiger partial charge < -0.3 is 9.57 Å². The van der Waals surface area contributed by atoms with Gasteiger partial charge in [-0.15, -0.1) is 0 Å². The van der Waals surface area contributed by atoms with Crippen LogP contribution in [0.2, 0.25) is 0 Å². The Hall–Kier alpha value is -0.610. The number of nitrogens with zero attached hydrogens (tertiary/aromatic N) is 1.